The lowest BCUT2D eigenvalue weighted by Crippen LogP contribution is -2.28. The van der Waals surface area contributed by atoms with Crippen molar-refractivity contribution in [3.8, 4) is 0 Å². The molecule has 0 saturated heterocycles. The second-order valence-corrected chi connectivity index (χ2v) is 8.89. The van der Waals surface area contributed by atoms with Crippen molar-refractivity contribution in [2.24, 2.45) is 11.5 Å². The van der Waals surface area contributed by atoms with Crippen LogP contribution in [0.4, 0.5) is 26.3 Å². The molecule has 2 unspecified atom stereocenters. The van der Waals surface area contributed by atoms with Gasteiger partial charge in [-0.3, -0.25) is 9.59 Å². The van der Waals surface area contributed by atoms with Gasteiger partial charge in [0.05, 0.1) is 0 Å². The number of nitrogens with two attached hydrogens (primary N) is 2. The van der Waals surface area contributed by atoms with Gasteiger partial charge in [-0.15, -0.1) is 0 Å². The summed E-state index contributed by atoms with van der Waals surface area (Å²) in [6, 6.07) is 1.18. The van der Waals surface area contributed by atoms with E-state index in [0.29, 0.717) is 25.0 Å². The van der Waals surface area contributed by atoms with E-state index in [1.807, 2.05) is 0 Å². The minimum absolute atomic E-state index is 0.0249. The summed E-state index contributed by atoms with van der Waals surface area (Å²) in [5, 5.41) is 0. The SMILES string of the molecule is NC(CCc1cc(F)c(F)cc1F)COC(=O)CCCCC(=O)OCC(N)CCc1cc(F)c(F)cc1F. The van der Waals surface area contributed by atoms with Crippen molar-refractivity contribution in [1.82, 2.24) is 0 Å². The summed E-state index contributed by atoms with van der Waals surface area (Å²) in [5.41, 5.74) is 11.6. The average Bonchev–Trinajstić information content (AvgIpc) is 2.86. The Balaban J connectivity index is 1.54. The molecule has 6 nitrogen and oxygen atoms in total. The molecule has 210 valence electrons. The fourth-order valence-corrected chi connectivity index (χ4v) is 3.44. The van der Waals surface area contributed by atoms with Gasteiger partial charge in [-0.25, -0.2) is 26.3 Å². The summed E-state index contributed by atoms with van der Waals surface area (Å²) in [7, 11) is 0. The molecule has 2 aromatic carbocycles. The molecule has 0 aliphatic rings. The lowest BCUT2D eigenvalue weighted by atomic mass is 10.1. The minimum atomic E-state index is -1.28. The lowest BCUT2D eigenvalue weighted by Gasteiger charge is -2.13. The Morgan fingerprint density at radius 2 is 0.947 bits per heavy atom. The van der Waals surface area contributed by atoms with Gasteiger partial charge in [0, 0.05) is 37.1 Å². The summed E-state index contributed by atoms with van der Waals surface area (Å²) in [5.74, 6) is -7.74. The molecule has 0 bridgehead atoms. The van der Waals surface area contributed by atoms with Gasteiger partial charge in [-0.05, 0) is 61.8 Å². The maximum absolute atomic E-state index is 13.6. The predicted octanol–water partition coefficient (Wildman–Crippen LogP) is 4.39. The van der Waals surface area contributed by atoms with Crippen LogP contribution in [-0.2, 0) is 31.9 Å². The Hall–Kier alpha value is -3.12. The van der Waals surface area contributed by atoms with Crippen LogP contribution in [0, 0.1) is 34.9 Å². The van der Waals surface area contributed by atoms with Crippen molar-refractivity contribution in [2.75, 3.05) is 13.2 Å². The number of hydrogen-bond donors (Lipinski definition) is 2. The van der Waals surface area contributed by atoms with E-state index in [-0.39, 0.29) is 62.9 Å². The van der Waals surface area contributed by atoms with Crippen molar-refractivity contribution < 1.29 is 45.4 Å². The number of esters is 2. The van der Waals surface area contributed by atoms with Gasteiger partial charge in [0.1, 0.15) is 24.8 Å². The van der Waals surface area contributed by atoms with E-state index in [1.54, 1.807) is 0 Å². The zero-order valence-corrected chi connectivity index (χ0v) is 20.6. The van der Waals surface area contributed by atoms with Crippen LogP contribution in [0.25, 0.3) is 0 Å². The molecule has 2 aromatic rings. The van der Waals surface area contributed by atoms with Crippen molar-refractivity contribution >= 4 is 11.9 Å². The van der Waals surface area contributed by atoms with E-state index in [1.165, 1.54) is 0 Å². The molecule has 0 aliphatic carbocycles. The third kappa shape index (κ3) is 10.7. The number of rotatable bonds is 15. The van der Waals surface area contributed by atoms with Gasteiger partial charge < -0.3 is 20.9 Å². The fourth-order valence-electron chi connectivity index (χ4n) is 3.44. The first-order valence-electron chi connectivity index (χ1n) is 12.1. The molecule has 0 radical (unpaired) electrons. The second kappa shape index (κ2) is 15.3. The monoisotopic (exact) mass is 548 g/mol. The number of carbonyl (C=O) groups excluding carboxylic acids is 2. The van der Waals surface area contributed by atoms with Gasteiger partial charge in [0.2, 0.25) is 0 Å². The van der Waals surface area contributed by atoms with E-state index in [4.69, 9.17) is 20.9 Å². The number of unbranched alkanes of at least 4 members (excludes halogenated alkanes) is 1. The topological polar surface area (TPSA) is 105 Å². The van der Waals surface area contributed by atoms with Gasteiger partial charge in [0.15, 0.2) is 23.3 Å². The standard InChI is InChI=1S/C26H30F6N2O4/c27-19-11-23(31)21(29)9-15(19)5-7-17(33)13-37-25(35)3-1-2-4-26(36)38-14-18(34)8-6-16-10-22(30)24(32)12-20(16)28/h9-12,17-18H,1-8,13-14,33-34H2. The molecule has 0 heterocycles. The lowest BCUT2D eigenvalue weighted by molar-refractivity contribution is -0.146. The number of aryl methyl sites for hydroxylation is 2. The van der Waals surface area contributed by atoms with Crippen LogP contribution in [0.2, 0.25) is 0 Å². The first-order chi connectivity index (χ1) is 18.0. The van der Waals surface area contributed by atoms with Crippen molar-refractivity contribution in [3.63, 3.8) is 0 Å². The Labute approximate surface area is 216 Å². The van der Waals surface area contributed by atoms with Crippen LogP contribution >= 0.6 is 0 Å². The first kappa shape index (κ1) is 31.1. The van der Waals surface area contributed by atoms with Crippen LogP contribution in [0.1, 0.15) is 49.7 Å². The number of benzene rings is 2. The van der Waals surface area contributed by atoms with E-state index in [2.05, 4.69) is 0 Å². The molecule has 2 atom stereocenters. The molecule has 12 heteroatoms. The van der Waals surface area contributed by atoms with Crippen LogP contribution in [0.3, 0.4) is 0 Å². The molecule has 2 rings (SSSR count). The predicted molar refractivity (Wildman–Crippen MR) is 126 cm³/mol. The van der Waals surface area contributed by atoms with Crippen molar-refractivity contribution in [2.45, 2.75) is 63.5 Å². The third-order valence-electron chi connectivity index (χ3n) is 5.68. The molecule has 0 spiro atoms. The molecule has 0 aromatic heterocycles. The van der Waals surface area contributed by atoms with E-state index < -0.39 is 58.9 Å². The second-order valence-electron chi connectivity index (χ2n) is 8.89. The summed E-state index contributed by atoms with van der Waals surface area (Å²) < 4.78 is 89.8. The third-order valence-corrected chi connectivity index (χ3v) is 5.68. The van der Waals surface area contributed by atoms with Crippen LogP contribution in [0.5, 0.6) is 0 Å². The van der Waals surface area contributed by atoms with E-state index >= 15 is 0 Å². The molecule has 0 fully saturated rings. The molecule has 0 amide bonds. The Morgan fingerprint density at radius 3 is 1.32 bits per heavy atom. The van der Waals surface area contributed by atoms with Crippen LogP contribution < -0.4 is 11.5 Å². The number of carbonyl (C=O) groups is 2. The Bertz CT molecular complexity index is 1020. The minimum Gasteiger partial charge on any atom is -0.464 e. The highest BCUT2D eigenvalue weighted by Gasteiger charge is 2.15. The Morgan fingerprint density at radius 1 is 0.605 bits per heavy atom. The molecule has 4 N–H and O–H groups in total. The highest BCUT2D eigenvalue weighted by molar-refractivity contribution is 5.70. The van der Waals surface area contributed by atoms with Crippen LogP contribution in [0.15, 0.2) is 24.3 Å². The fraction of sp³-hybridized carbons (Fsp3) is 0.462. The molecular weight excluding hydrogens is 518 g/mol. The van der Waals surface area contributed by atoms with E-state index in [9.17, 15) is 35.9 Å². The summed E-state index contributed by atoms with van der Waals surface area (Å²) in [6.07, 6.45) is 1.16. The molecule has 0 saturated carbocycles. The van der Waals surface area contributed by atoms with Crippen molar-refractivity contribution in [1.29, 1.82) is 0 Å². The quantitative estimate of drug-likeness (QED) is 0.148. The van der Waals surface area contributed by atoms with Gasteiger partial charge in [-0.1, -0.05) is 0 Å². The number of hydrogen-bond acceptors (Lipinski definition) is 6. The maximum Gasteiger partial charge on any atom is 0.305 e. The smallest absolute Gasteiger partial charge is 0.305 e. The largest absolute Gasteiger partial charge is 0.464 e. The van der Waals surface area contributed by atoms with Crippen molar-refractivity contribution in [3.05, 3.63) is 70.3 Å². The van der Waals surface area contributed by atoms with Gasteiger partial charge in [0.25, 0.3) is 0 Å². The van der Waals surface area contributed by atoms with Gasteiger partial charge >= 0.3 is 11.9 Å². The summed E-state index contributed by atoms with van der Waals surface area (Å²) in [6.45, 7) is -0.281. The van der Waals surface area contributed by atoms with Crippen LogP contribution in [-0.4, -0.2) is 37.2 Å². The number of halogens is 6. The Kier molecular flexibility index (Phi) is 12.5. The average molecular weight is 549 g/mol. The van der Waals surface area contributed by atoms with Gasteiger partial charge in [-0.2, -0.15) is 0 Å². The zero-order chi connectivity index (χ0) is 28.2. The summed E-state index contributed by atoms with van der Waals surface area (Å²) >= 11 is 0. The maximum atomic E-state index is 13.6. The highest BCUT2D eigenvalue weighted by atomic mass is 19.2. The van der Waals surface area contributed by atoms with E-state index in [0.717, 1.165) is 12.1 Å². The molecular formula is C26H30F6N2O4. The molecule has 0 aliphatic heterocycles. The normalized spacial score (nSPS) is 12.7. The first-order valence-corrected chi connectivity index (χ1v) is 12.1. The summed E-state index contributed by atoms with van der Waals surface area (Å²) in [4.78, 5) is 23.7. The molecule has 38 heavy (non-hydrogen) atoms. The number of ether oxygens (including phenoxy) is 2. The zero-order valence-electron chi connectivity index (χ0n) is 20.6. The highest BCUT2D eigenvalue weighted by Crippen LogP contribution is 2.17.